The molecule has 0 heterocycles. The maximum Gasteiger partial charge on any atom is 0.122 e. The zero-order valence-electron chi connectivity index (χ0n) is 8.05. The fraction of sp³-hybridized carbons (Fsp3) is 0.455. The Hall–Kier alpha value is -0.980. The molecule has 0 fully saturated rings. The molecule has 1 aromatic rings. The molecular formula is C11H16O. The molecule has 0 aromatic heterocycles. The predicted molar refractivity (Wildman–Crippen MR) is 51.7 cm³/mol. The Balaban J connectivity index is 2.72. The van der Waals surface area contributed by atoms with Gasteiger partial charge in [0.25, 0.3) is 0 Å². The van der Waals surface area contributed by atoms with Crippen molar-refractivity contribution < 1.29 is 4.74 Å². The summed E-state index contributed by atoms with van der Waals surface area (Å²) in [6.45, 7) is 7.10. The van der Waals surface area contributed by atoms with Crippen molar-refractivity contribution in [1.29, 1.82) is 0 Å². The summed E-state index contributed by atoms with van der Waals surface area (Å²) < 4.78 is 5.54. The number of ether oxygens (including phenoxy) is 1. The maximum absolute atomic E-state index is 5.54. The topological polar surface area (TPSA) is 9.23 Å². The van der Waals surface area contributed by atoms with Crippen LogP contribution in [0, 0.1) is 13.8 Å². The smallest absolute Gasteiger partial charge is 0.122 e. The first-order chi connectivity index (χ1) is 5.74. The van der Waals surface area contributed by atoms with E-state index in [9.17, 15) is 0 Å². The van der Waals surface area contributed by atoms with Crippen molar-refractivity contribution in [2.24, 2.45) is 0 Å². The highest BCUT2D eigenvalue weighted by atomic mass is 16.5. The third kappa shape index (κ3) is 2.26. The van der Waals surface area contributed by atoms with E-state index in [4.69, 9.17) is 4.74 Å². The minimum atomic E-state index is 0.809. The van der Waals surface area contributed by atoms with E-state index in [-0.39, 0.29) is 0 Å². The van der Waals surface area contributed by atoms with E-state index >= 15 is 0 Å². The lowest BCUT2D eigenvalue weighted by Gasteiger charge is -2.07. The van der Waals surface area contributed by atoms with E-state index in [1.54, 1.807) is 0 Å². The monoisotopic (exact) mass is 164 g/mol. The minimum absolute atomic E-state index is 0.809. The Labute approximate surface area is 74.4 Å². The van der Waals surface area contributed by atoms with E-state index in [0.29, 0.717) is 0 Å². The highest BCUT2D eigenvalue weighted by Gasteiger charge is 1.97. The zero-order valence-corrected chi connectivity index (χ0v) is 8.05. The number of rotatable bonds is 3. The van der Waals surface area contributed by atoms with Crippen LogP contribution in [0.4, 0.5) is 0 Å². The molecule has 0 saturated carbocycles. The standard InChI is InChI=1S/C11H16O/c1-4-7-12-11-6-5-9(2)8-10(11)3/h5-6,8H,4,7H2,1-3H3. The minimum Gasteiger partial charge on any atom is -0.493 e. The molecule has 0 amide bonds. The average Bonchev–Trinajstić information content (AvgIpc) is 2.03. The van der Waals surface area contributed by atoms with Crippen LogP contribution in [-0.2, 0) is 0 Å². The SMILES string of the molecule is CCCOc1ccc(C)cc1C. The van der Waals surface area contributed by atoms with Crippen molar-refractivity contribution in [3.8, 4) is 5.75 Å². The van der Waals surface area contributed by atoms with Crippen LogP contribution in [0.3, 0.4) is 0 Å². The van der Waals surface area contributed by atoms with Gasteiger partial charge in [0.05, 0.1) is 6.61 Å². The van der Waals surface area contributed by atoms with Gasteiger partial charge < -0.3 is 4.74 Å². The molecule has 0 aliphatic rings. The van der Waals surface area contributed by atoms with Crippen LogP contribution >= 0.6 is 0 Å². The number of aryl methyl sites for hydroxylation is 2. The van der Waals surface area contributed by atoms with Crippen molar-refractivity contribution in [2.45, 2.75) is 27.2 Å². The summed E-state index contributed by atoms with van der Waals surface area (Å²) in [5.41, 5.74) is 2.51. The average molecular weight is 164 g/mol. The lowest BCUT2D eigenvalue weighted by Crippen LogP contribution is -1.96. The summed E-state index contributed by atoms with van der Waals surface area (Å²) >= 11 is 0. The van der Waals surface area contributed by atoms with Gasteiger partial charge in [-0.3, -0.25) is 0 Å². The van der Waals surface area contributed by atoms with Crippen molar-refractivity contribution in [2.75, 3.05) is 6.61 Å². The molecule has 0 saturated heterocycles. The zero-order chi connectivity index (χ0) is 8.97. The van der Waals surface area contributed by atoms with Crippen LogP contribution in [0.25, 0.3) is 0 Å². The van der Waals surface area contributed by atoms with Crippen molar-refractivity contribution in [1.82, 2.24) is 0 Å². The molecule has 0 N–H and O–H groups in total. The molecule has 0 atom stereocenters. The van der Waals surface area contributed by atoms with E-state index in [1.165, 1.54) is 11.1 Å². The van der Waals surface area contributed by atoms with Gasteiger partial charge in [-0.1, -0.05) is 24.6 Å². The van der Waals surface area contributed by atoms with Gasteiger partial charge in [0, 0.05) is 0 Å². The molecule has 0 radical (unpaired) electrons. The third-order valence-corrected chi connectivity index (χ3v) is 1.79. The summed E-state index contributed by atoms with van der Waals surface area (Å²) in [5.74, 6) is 1.02. The molecule has 12 heavy (non-hydrogen) atoms. The largest absolute Gasteiger partial charge is 0.493 e. The van der Waals surface area contributed by atoms with E-state index in [2.05, 4.69) is 32.9 Å². The highest BCUT2D eigenvalue weighted by molar-refractivity contribution is 5.35. The van der Waals surface area contributed by atoms with Crippen molar-refractivity contribution >= 4 is 0 Å². The quantitative estimate of drug-likeness (QED) is 0.667. The molecule has 0 spiro atoms. The maximum atomic E-state index is 5.54. The molecule has 1 heteroatoms. The molecule has 1 aromatic carbocycles. The number of hydrogen-bond donors (Lipinski definition) is 0. The van der Waals surface area contributed by atoms with Gasteiger partial charge in [0.1, 0.15) is 5.75 Å². The fourth-order valence-electron chi connectivity index (χ4n) is 1.17. The second-order valence-corrected chi connectivity index (χ2v) is 3.12. The molecular weight excluding hydrogens is 148 g/mol. The Kier molecular flexibility index (Phi) is 3.15. The Morgan fingerprint density at radius 3 is 2.58 bits per heavy atom. The van der Waals surface area contributed by atoms with Crippen molar-refractivity contribution in [3.05, 3.63) is 29.3 Å². The van der Waals surface area contributed by atoms with Crippen LogP contribution in [0.1, 0.15) is 24.5 Å². The van der Waals surface area contributed by atoms with E-state index in [1.807, 2.05) is 6.07 Å². The Morgan fingerprint density at radius 2 is 2.00 bits per heavy atom. The first-order valence-electron chi connectivity index (χ1n) is 4.44. The molecule has 0 aliphatic carbocycles. The molecule has 0 unspecified atom stereocenters. The van der Waals surface area contributed by atoms with Crippen molar-refractivity contribution in [3.63, 3.8) is 0 Å². The lowest BCUT2D eigenvalue weighted by atomic mass is 10.1. The van der Waals surface area contributed by atoms with Crippen LogP contribution in [0.15, 0.2) is 18.2 Å². The van der Waals surface area contributed by atoms with Crippen LogP contribution in [0.5, 0.6) is 5.75 Å². The first-order valence-corrected chi connectivity index (χ1v) is 4.44. The second kappa shape index (κ2) is 4.15. The first kappa shape index (κ1) is 9.11. The molecule has 0 bridgehead atoms. The van der Waals surface area contributed by atoms with Gasteiger partial charge in [0.15, 0.2) is 0 Å². The predicted octanol–water partition coefficient (Wildman–Crippen LogP) is 3.09. The number of benzene rings is 1. The van der Waals surface area contributed by atoms with Crippen LogP contribution < -0.4 is 4.74 Å². The molecule has 1 rings (SSSR count). The van der Waals surface area contributed by atoms with Gasteiger partial charge in [-0.05, 0) is 31.9 Å². The lowest BCUT2D eigenvalue weighted by molar-refractivity contribution is 0.315. The fourth-order valence-corrected chi connectivity index (χ4v) is 1.17. The normalized spacial score (nSPS) is 9.92. The Bertz CT molecular complexity index is 253. The van der Waals surface area contributed by atoms with Gasteiger partial charge in [0.2, 0.25) is 0 Å². The molecule has 66 valence electrons. The van der Waals surface area contributed by atoms with E-state index < -0.39 is 0 Å². The second-order valence-electron chi connectivity index (χ2n) is 3.12. The summed E-state index contributed by atoms with van der Waals surface area (Å²) in [6.07, 6.45) is 1.06. The van der Waals surface area contributed by atoms with Gasteiger partial charge in [-0.25, -0.2) is 0 Å². The van der Waals surface area contributed by atoms with E-state index in [0.717, 1.165) is 18.8 Å². The molecule has 1 nitrogen and oxygen atoms in total. The molecule has 0 aliphatic heterocycles. The summed E-state index contributed by atoms with van der Waals surface area (Å²) in [4.78, 5) is 0. The van der Waals surface area contributed by atoms with Gasteiger partial charge >= 0.3 is 0 Å². The highest BCUT2D eigenvalue weighted by Crippen LogP contribution is 2.18. The summed E-state index contributed by atoms with van der Waals surface area (Å²) in [6, 6.07) is 6.27. The van der Waals surface area contributed by atoms with Crippen LogP contribution in [-0.4, -0.2) is 6.61 Å². The summed E-state index contributed by atoms with van der Waals surface area (Å²) in [7, 11) is 0. The summed E-state index contributed by atoms with van der Waals surface area (Å²) in [5, 5.41) is 0. The van der Waals surface area contributed by atoms with Gasteiger partial charge in [-0.2, -0.15) is 0 Å². The number of hydrogen-bond acceptors (Lipinski definition) is 1. The Morgan fingerprint density at radius 1 is 1.25 bits per heavy atom. The van der Waals surface area contributed by atoms with Gasteiger partial charge in [-0.15, -0.1) is 0 Å². The van der Waals surface area contributed by atoms with Crippen LogP contribution in [0.2, 0.25) is 0 Å². The third-order valence-electron chi connectivity index (χ3n) is 1.79.